The molecule has 1 N–H and O–H groups in total. The van der Waals surface area contributed by atoms with E-state index in [0.717, 1.165) is 18.4 Å². The van der Waals surface area contributed by atoms with Crippen molar-refractivity contribution in [3.8, 4) is 11.5 Å². The standard InChI is InChI=1S/C17H20N4O4/c1-2-24-16(22)13-6-4-8-21(10-13)17(23)19-14-7-3-5-12(9-14)15-20-18-11-25-15/h3,5,7,9,11,13H,2,4,6,8,10H2,1H3,(H,19,23). The molecule has 0 aliphatic carbocycles. The Kier molecular flexibility index (Phi) is 5.27. The van der Waals surface area contributed by atoms with Gasteiger partial charge in [0.25, 0.3) is 0 Å². The number of likely N-dealkylation sites (tertiary alicyclic amines) is 1. The summed E-state index contributed by atoms with van der Waals surface area (Å²) in [5.74, 6) is -0.112. The van der Waals surface area contributed by atoms with Crippen molar-refractivity contribution >= 4 is 17.7 Å². The number of benzene rings is 1. The average Bonchev–Trinajstić information content (AvgIpc) is 3.17. The molecular formula is C17H20N4O4. The Labute approximate surface area is 145 Å². The van der Waals surface area contributed by atoms with Gasteiger partial charge in [0, 0.05) is 24.3 Å². The second-order valence-electron chi connectivity index (χ2n) is 5.79. The van der Waals surface area contributed by atoms with Crippen molar-refractivity contribution in [1.29, 1.82) is 0 Å². The van der Waals surface area contributed by atoms with Crippen molar-refractivity contribution in [2.75, 3.05) is 25.0 Å². The number of piperidine rings is 1. The maximum absolute atomic E-state index is 12.5. The van der Waals surface area contributed by atoms with E-state index in [2.05, 4.69) is 15.5 Å². The highest BCUT2D eigenvalue weighted by molar-refractivity contribution is 5.90. The highest BCUT2D eigenvalue weighted by Crippen LogP contribution is 2.22. The zero-order valence-electron chi connectivity index (χ0n) is 14.0. The minimum atomic E-state index is -0.260. The normalized spacial score (nSPS) is 17.2. The summed E-state index contributed by atoms with van der Waals surface area (Å²) in [5.41, 5.74) is 1.34. The van der Waals surface area contributed by atoms with Gasteiger partial charge in [0.1, 0.15) is 0 Å². The fraction of sp³-hybridized carbons (Fsp3) is 0.412. The molecule has 1 fully saturated rings. The molecule has 1 atom stereocenters. The number of rotatable bonds is 4. The highest BCUT2D eigenvalue weighted by Gasteiger charge is 2.29. The van der Waals surface area contributed by atoms with Crippen LogP contribution in [0.1, 0.15) is 19.8 Å². The van der Waals surface area contributed by atoms with Gasteiger partial charge in [0.15, 0.2) is 0 Å². The van der Waals surface area contributed by atoms with Crippen molar-refractivity contribution < 1.29 is 18.7 Å². The smallest absolute Gasteiger partial charge is 0.321 e. The topological polar surface area (TPSA) is 97.6 Å². The van der Waals surface area contributed by atoms with E-state index >= 15 is 0 Å². The lowest BCUT2D eigenvalue weighted by molar-refractivity contribution is -0.149. The Morgan fingerprint density at radius 3 is 3.08 bits per heavy atom. The van der Waals surface area contributed by atoms with E-state index in [9.17, 15) is 9.59 Å². The molecule has 1 saturated heterocycles. The van der Waals surface area contributed by atoms with Crippen LogP contribution >= 0.6 is 0 Å². The molecule has 2 heterocycles. The first-order valence-corrected chi connectivity index (χ1v) is 8.26. The average molecular weight is 344 g/mol. The van der Waals surface area contributed by atoms with Gasteiger partial charge in [0.2, 0.25) is 12.3 Å². The first-order chi connectivity index (χ1) is 12.2. The first-order valence-electron chi connectivity index (χ1n) is 8.26. The molecule has 0 spiro atoms. The van der Waals surface area contributed by atoms with Gasteiger partial charge in [-0.15, -0.1) is 10.2 Å². The molecule has 1 unspecified atom stereocenters. The minimum Gasteiger partial charge on any atom is -0.466 e. The van der Waals surface area contributed by atoms with E-state index in [1.165, 1.54) is 6.39 Å². The summed E-state index contributed by atoms with van der Waals surface area (Å²) in [6, 6.07) is 6.92. The second-order valence-corrected chi connectivity index (χ2v) is 5.79. The molecule has 1 aromatic carbocycles. The van der Waals surface area contributed by atoms with Crippen molar-refractivity contribution in [2.24, 2.45) is 5.92 Å². The van der Waals surface area contributed by atoms with Crippen LogP contribution < -0.4 is 5.32 Å². The van der Waals surface area contributed by atoms with Crippen molar-refractivity contribution in [3.05, 3.63) is 30.7 Å². The summed E-state index contributed by atoms with van der Waals surface area (Å²) in [6.07, 6.45) is 2.78. The Morgan fingerprint density at radius 1 is 1.44 bits per heavy atom. The van der Waals surface area contributed by atoms with E-state index in [1.807, 2.05) is 6.07 Å². The van der Waals surface area contributed by atoms with Crippen LogP contribution in [0.15, 0.2) is 35.1 Å². The van der Waals surface area contributed by atoms with Gasteiger partial charge in [-0.05, 0) is 38.0 Å². The molecule has 132 valence electrons. The lowest BCUT2D eigenvalue weighted by atomic mass is 9.98. The number of anilines is 1. The number of nitrogens with zero attached hydrogens (tertiary/aromatic N) is 3. The molecule has 8 heteroatoms. The third-order valence-electron chi connectivity index (χ3n) is 4.05. The molecular weight excluding hydrogens is 324 g/mol. The summed E-state index contributed by atoms with van der Waals surface area (Å²) in [4.78, 5) is 26.0. The molecule has 1 aliphatic rings. The predicted molar refractivity (Wildman–Crippen MR) is 89.7 cm³/mol. The zero-order valence-corrected chi connectivity index (χ0v) is 14.0. The molecule has 2 amide bonds. The number of ether oxygens (including phenoxy) is 1. The summed E-state index contributed by atoms with van der Waals surface area (Å²) in [6.45, 7) is 3.12. The maximum Gasteiger partial charge on any atom is 0.321 e. The lowest BCUT2D eigenvalue weighted by Crippen LogP contribution is -2.44. The van der Waals surface area contributed by atoms with Crippen LogP contribution in [-0.4, -0.2) is 46.8 Å². The Bertz CT molecular complexity index is 732. The van der Waals surface area contributed by atoms with E-state index < -0.39 is 0 Å². The number of urea groups is 1. The molecule has 3 rings (SSSR count). The van der Waals surface area contributed by atoms with Crippen molar-refractivity contribution in [1.82, 2.24) is 15.1 Å². The van der Waals surface area contributed by atoms with Crippen molar-refractivity contribution in [2.45, 2.75) is 19.8 Å². The van der Waals surface area contributed by atoms with Gasteiger partial charge in [-0.1, -0.05) is 6.07 Å². The van der Waals surface area contributed by atoms with Gasteiger partial charge in [-0.2, -0.15) is 0 Å². The molecule has 0 saturated carbocycles. The number of esters is 1. The van der Waals surface area contributed by atoms with Gasteiger partial charge in [-0.3, -0.25) is 4.79 Å². The van der Waals surface area contributed by atoms with E-state index in [-0.39, 0.29) is 17.9 Å². The monoisotopic (exact) mass is 344 g/mol. The fourth-order valence-electron chi connectivity index (χ4n) is 2.85. The quantitative estimate of drug-likeness (QED) is 0.856. The van der Waals surface area contributed by atoms with Crippen LogP contribution in [0.3, 0.4) is 0 Å². The van der Waals surface area contributed by atoms with Crippen LogP contribution in [0.2, 0.25) is 0 Å². The maximum atomic E-state index is 12.5. The zero-order chi connectivity index (χ0) is 17.6. The van der Waals surface area contributed by atoms with Gasteiger partial charge >= 0.3 is 12.0 Å². The fourth-order valence-corrected chi connectivity index (χ4v) is 2.85. The lowest BCUT2D eigenvalue weighted by Gasteiger charge is -2.31. The molecule has 25 heavy (non-hydrogen) atoms. The van der Waals surface area contributed by atoms with E-state index in [4.69, 9.17) is 9.15 Å². The van der Waals surface area contributed by atoms with Gasteiger partial charge in [-0.25, -0.2) is 4.79 Å². The number of hydrogen-bond acceptors (Lipinski definition) is 6. The largest absolute Gasteiger partial charge is 0.466 e. The number of nitrogens with one attached hydrogen (secondary N) is 1. The van der Waals surface area contributed by atoms with Crippen LogP contribution in [-0.2, 0) is 9.53 Å². The van der Waals surface area contributed by atoms with Gasteiger partial charge < -0.3 is 19.4 Å². The number of amides is 2. The van der Waals surface area contributed by atoms with Crippen molar-refractivity contribution in [3.63, 3.8) is 0 Å². The number of carbonyl (C=O) groups is 2. The summed E-state index contributed by atoms with van der Waals surface area (Å²) in [7, 11) is 0. The van der Waals surface area contributed by atoms with Crippen LogP contribution in [0.4, 0.5) is 10.5 Å². The molecule has 1 aliphatic heterocycles. The third kappa shape index (κ3) is 4.14. The molecule has 0 bridgehead atoms. The number of aromatic nitrogens is 2. The van der Waals surface area contributed by atoms with Gasteiger partial charge in [0.05, 0.1) is 12.5 Å². The first kappa shape index (κ1) is 16.9. The Morgan fingerprint density at radius 2 is 2.32 bits per heavy atom. The summed E-state index contributed by atoms with van der Waals surface area (Å²) >= 11 is 0. The molecule has 1 aromatic heterocycles. The summed E-state index contributed by atoms with van der Waals surface area (Å²) in [5, 5.41) is 10.3. The highest BCUT2D eigenvalue weighted by atomic mass is 16.5. The van der Waals surface area contributed by atoms with E-state index in [1.54, 1.807) is 30.0 Å². The van der Waals surface area contributed by atoms with Crippen LogP contribution in [0, 0.1) is 5.92 Å². The molecule has 2 aromatic rings. The predicted octanol–water partition coefficient (Wildman–Crippen LogP) is 2.54. The third-order valence-corrected chi connectivity index (χ3v) is 4.05. The minimum absolute atomic E-state index is 0.238. The number of carbonyl (C=O) groups excluding carboxylic acids is 2. The van der Waals surface area contributed by atoms with E-state index in [0.29, 0.717) is 31.3 Å². The second kappa shape index (κ2) is 7.78. The molecule has 0 radical (unpaired) electrons. The Balaban J connectivity index is 1.64. The van der Waals surface area contributed by atoms with Crippen LogP contribution in [0.5, 0.6) is 0 Å². The summed E-state index contributed by atoms with van der Waals surface area (Å²) < 4.78 is 10.2. The van der Waals surface area contributed by atoms with Crippen LogP contribution in [0.25, 0.3) is 11.5 Å². The number of hydrogen-bond donors (Lipinski definition) is 1. The SMILES string of the molecule is CCOC(=O)C1CCCN(C(=O)Nc2cccc(-c3nnco3)c2)C1. The molecule has 8 nitrogen and oxygen atoms in total. The Hall–Kier alpha value is -2.90.